The Hall–Kier alpha value is -3.68. The molecule has 1 fully saturated rings. The molecule has 0 aromatic heterocycles. The van der Waals surface area contributed by atoms with Gasteiger partial charge in [0.1, 0.15) is 5.75 Å². The zero-order chi connectivity index (χ0) is 24.0. The lowest BCUT2D eigenvalue weighted by molar-refractivity contribution is -0.139. The van der Waals surface area contributed by atoms with Crippen molar-refractivity contribution in [3.8, 4) is 5.75 Å². The number of esters is 1. The van der Waals surface area contributed by atoms with E-state index in [1.807, 2.05) is 0 Å². The molecule has 9 heteroatoms. The fourth-order valence-electron chi connectivity index (χ4n) is 4.09. The molecule has 3 aromatic carbocycles. The van der Waals surface area contributed by atoms with Crippen LogP contribution in [-0.4, -0.2) is 30.2 Å². The molecule has 0 N–H and O–H groups in total. The molecule has 0 saturated carbocycles. The van der Waals surface area contributed by atoms with Crippen molar-refractivity contribution in [3.63, 3.8) is 0 Å². The van der Waals surface area contributed by atoms with Crippen LogP contribution in [0.1, 0.15) is 27.1 Å². The second-order valence-electron chi connectivity index (χ2n) is 7.88. The van der Waals surface area contributed by atoms with E-state index in [1.165, 1.54) is 29.2 Å². The first-order chi connectivity index (χ1) is 16.3. The van der Waals surface area contributed by atoms with Gasteiger partial charge in [-0.1, -0.05) is 41.4 Å². The third kappa shape index (κ3) is 3.73. The van der Waals surface area contributed by atoms with E-state index in [-0.39, 0.29) is 29.6 Å². The van der Waals surface area contributed by atoms with Crippen molar-refractivity contribution in [2.24, 2.45) is 5.92 Å². The standard InChI is InChI=1S/C25H16Cl2N2O5/c26-19-6-3-7-20(22(19)27)28-13-14(12-21(28)30)25(33)34-16-10-8-15(9-11-16)29-23(31)17-4-1-2-5-18(17)24(29)32/h1-11,14H,12-13H2/t14-/m1/s1. The van der Waals surface area contributed by atoms with E-state index in [0.29, 0.717) is 27.5 Å². The first-order valence-corrected chi connectivity index (χ1v) is 11.1. The summed E-state index contributed by atoms with van der Waals surface area (Å²) in [6.45, 7) is 0.116. The number of ether oxygens (including phenoxy) is 1. The molecule has 3 amide bonds. The van der Waals surface area contributed by atoms with Crippen molar-refractivity contribution in [1.29, 1.82) is 0 Å². The Kier molecular flexibility index (Phi) is 5.59. The topological polar surface area (TPSA) is 84.0 Å². The van der Waals surface area contributed by atoms with Crippen LogP contribution < -0.4 is 14.5 Å². The number of fused-ring (bicyclic) bond motifs is 1. The highest BCUT2D eigenvalue weighted by molar-refractivity contribution is 6.44. The minimum atomic E-state index is -0.682. The van der Waals surface area contributed by atoms with Crippen molar-refractivity contribution in [1.82, 2.24) is 0 Å². The van der Waals surface area contributed by atoms with Gasteiger partial charge in [0.2, 0.25) is 5.91 Å². The van der Waals surface area contributed by atoms with Gasteiger partial charge >= 0.3 is 5.97 Å². The fourth-order valence-corrected chi connectivity index (χ4v) is 4.48. The largest absolute Gasteiger partial charge is 0.426 e. The molecule has 2 heterocycles. The van der Waals surface area contributed by atoms with Crippen LogP contribution in [0.5, 0.6) is 5.75 Å². The number of carbonyl (C=O) groups is 4. The third-order valence-electron chi connectivity index (χ3n) is 5.79. The number of amides is 3. The zero-order valence-electron chi connectivity index (χ0n) is 17.5. The van der Waals surface area contributed by atoms with Crippen LogP contribution in [0, 0.1) is 5.92 Å². The van der Waals surface area contributed by atoms with E-state index in [0.717, 1.165) is 4.90 Å². The van der Waals surface area contributed by atoms with E-state index in [9.17, 15) is 19.2 Å². The SMILES string of the molecule is O=C(Oc1ccc(N2C(=O)c3ccccc3C2=O)cc1)[C@@H]1CC(=O)N(c2cccc(Cl)c2Cl)C1. The predicted molar refractivity (Wildman–Crippen MR) is 127 cm³/mol. The summed E-state index contributed by atoms with van der Waals surface area (Å²) < 4.78 is 5.45. The van der Waals surface area contributed by atoms with Crippen LogP contribution >= 0.6 is 23.2 Å². The number of imide groups is 1. The molecule has 0 radical (unpaired) electrons. The van der Waals surface area contributed by atoms with Gasteiger partial charge in [0.05, 0.1) is 38.5 Å². The maximum absolute atomic E-state index is 12.7. The molecule has 1 atom stereocenters. The summed E-state index contributed by atoms with van der Waals surface area (Å²) in [6.07, 6.45) is -0.0190. The van der Waals surface area contributed by atoms with Crippen LogP contribution in [0.4, 0.5) is 11.4 Å². The van der Waals surface area contributed by atoms with E-state index in [2.05, 4.69) is 0 Å². The molecular formula is C25H16Cl2N2O5. The van der Waals surface area contributed by atoms with E-state index < -0.39 is 23.7 Å². The van der Waals surface area contributed by atoms with E-state index in [4.69, 9.17) is 27.9 Å². The van der Waals surface area contributed by atoms with Crippen LogP contribution in [0.2, 0.25) is 10.0 Å². The number of hydrogen-bond acceptors (Lipinski definition) is 5. The minimum Gasteiger partial charge on any atom is -0.426 e. The van der Waals surface area contributed by atoms with Crippen molar-refractivity contribution in [3.05, 3.63) is 87.9 Å². The molecule has 0 unspecified atom stereocenters. The Morgan fingerprint density at radius 3 is 2.15 bits per heavy atom. The molecule has 0 bridgehead atoms. The van der Waals surface area contributed by atoms with Crippen molar-refractivity contribution < 1.29 is 23.9 Å². The maximum atomic E-state index is 12.7. The number of carbonyl (C=O) groups excluding carboxylic acids is 4. The van der Waals surface area contributed by atoms with Crippen LogP contribution in [0.15, 0.2) is 66.7 Å². The number of hydrogen-bond donors (Lipinski definition) is 0. The van der Waals surface area contributed by atoms with Gasteiger partial charge in [0.25, 0.3) is 11.8 Å². The summed E-state index contributed by atoms with van der Waals surface area (Å²) in [5.74, 6) is -2.09. The average molecular weight is 495 g/mol. The van der Waals surface area contributed by atoms with Crippen molar-refractivity contribution in [2.75, 3.05) is 16.3 Å². The quantitative estimate of drug-likeness (QED) is 0.296. The first kappa shape index (κ1) is 22.1. The van der Waals surface area contributed by atoms with Crippen LogP contribution in [0.25, 0.3) is 0 Å². The van der Waals surface area contributed by atoms with Gasteiger partial charge in [0, 0.05) is 13.0 Å². The molecular weight excluding hydrogens is 479 g/mol. The normalized spacial score (nSPS) is 17.4. The summed E-state index contributed by atoms with van der Waals surface area (Å²) in [4.78, 5) is 53.0. The molecule has 170 valence electrons. The highest BCUT2D eigenvalue weighted by Gasteiger charge is 2.38. The van der Waals surface area contributed by atoms with E-state index >= 15 is 0 Å². The lowest BCUT2D eigenvalue weighted by atomic mass is 10.1. The Morgan fingerprint density at radius 1 is 0.853 bits per heavy atom. The van der Waals surface area contributed by atoms with Gasteiger partial charge in [0.15, 0.2) is 0 Å². The number of halogens is 2. The second-order valence-corrected chi connectivity index (χ2v) is 8.67. The lowest BCUT2D eigenvalue weighted by Crippen LogP contribution is -2.29. The minimum absolute atomic E-state index is 0.0190. The van der Waals surface area contributed by atoms with Gasteiger partial charge in [-0.2, -0.15) is 0 Å². The molecule has 3 aromatic rings. The van der Waals surface area contributed by atoms with Crippen molar-refractivity contribution in [2.45, 2.75) is 6.42 Å². The highest BCUT2D eigenvalue weighted by Crippen LogP contribution is 2.36. The van der Waals surface area contributed by atoms with Gasteiger partial charge in [-0.3, -0.25) is 19.2 Å². The first-order valence-electron chi connectivity index (χ1n) is 10.4. The molecule has 34 heavy (non-hydrogen) atoms. The van der Waals surface area contributed by atoms with E-state index in [1.54, 1.807) is 42.5 Å². The number of anilines is 2. The zero-order valence-corrected chi connectivity index (χ0v) is 19.0. The smallest absolute Gasteiger partial charge is 0.316 e. The number of nitrogens with zero attached hydrogens (tertiary/aromatic N) is 2. The summed E-state index contributed by atoms with van der Waals surface area (Å²) >= 11 is 12.3. The average Bonchev–Trinajstić information content (AvgIpc) is 3.34. The molecule has 0 aliphatic carbocycles. The summed E-state index contributed by atoms with van der Waals surface area (Å²) in [6, 6.07) is 17.6. The van der Waals surface area contributed by atoms with Crippen LogP contribution in [0.3, 0.4) is 0 Å². The van der Waals surface area contributed by atoms with Gasteiger partial charge in [-0.05, 0) is 48.5 Å². The van der Waals surface area contributed by atoms with Gasteiger partial charge in [-0.15, -0.1) is 0 Å². The number of benzene rings is 3. The maximum Gasteiger partial charge on any atom is 0.316 e. The van der Waals surface area contributed by atoms with Gasteiger partial charge in [-0.25, -0.2) is 4.90 Å². The number of rotatable bonds is 4. The van der Waals surface area contributed by atoms with Gasteiger partial charge < -0.3 is 9.64 Å². The molecule has 1 saturated heterocycles. The molecule has 2 aliphatic rings. The Labute approximate surface area is 204 Å². The second kappa shape index (κ2) is 8.59. The predicted octanol–water partition coefficient (Wildman–Crippen LogP) is 4.75. The van der Waals surface area contributed by atoms with Crippen LogP contribution in [-0.2, 0) is 9.59 Å². The fraction of sp³-hybridized carbons (Fsp3) is 0.120. The van der Waals surface area contributed by atoms with Crippen molar-refractivity contribution >= 4 is 58.3 Å². The monoisotopic (exact) mass is 494 g/mol. The molecule has 2 aliphatic heterocycles. The Balaban J connectivity index is 1.27. The summed E-state index contributed by atoms with van der Waals surface area (Å²) in [7, 11) is 0. The molecule has 0 spiro atoms. The lowest BCUT2D eigenvalue weighted by Gasteiger charge is -2.18. The Bertz CT molecular complexity index is 1320. The highest BCUT2D eigenvalue weighted by atomic mass is 35.5. The molecule has 7 nitrogen and oxygen atoms in total. The summed E-state index contributed by atoms with van der Waals surface area (Å²) in [5.41, 5.74) is 1.50. The third-order valence-corrected chi connectivity index (χ3v) is 6.60. The summed E-state index contributed by atoms with van der Waals surface area (Å²) in [5, 5.41) is 0.562. The Morgan fingerprint density at radius 2 is 1.50 bits per heavy atom. The molecule has 5 rings (SSSR count).